The van der Waals surface area contributed by atoms with Crippen LogP contribution in [-0.4, -0.2) is 16.1 Å². The monoisotopic (exact) mass is 219 g/mol. The van der Waals surface area contributed by atoms with E-state index in [4.69, 9.17) is 5.11 Å². The number of rotatable bonds is 2. The Kier molecular flexibility index (Phi) is 2.51. The Bertz CT molecular complexity index is 505. The van der Waals surface area contributed by atoms with Gasteiger partial charge in [-0.15, -0.1) is 11.3 Å². The maximum absolute atomic E-state index is 10.9. The molecule has 2 aromatic heterocycles. The van der Waals surface area contributed by atoms with E-state index in [-0.39, 0.29) is 0 Å². The predicted molar refractivity (Wildman–Crippen MR) is 59.2 cm³/mol. The molecule has 0 bridgehead atoms. The van der Waals surface area contributed by atoms with Crippen molar-refractivity contribution in [3.05, 3.63) is 40.3 Å². The van der Waals surface area contributed by atoms with Crippen molar-refractivity contribution < 1.29 is 9.90 Å². The average molecular weight is 219 g/mol. The number of pyridine rings is 1. The highest BCUT2D eigenvalue weighted by Gasteiger charge is 2.12. The van der Waals surface area contributed by atoms with Gasteiger partial charge in [-0.1, -0.05) is 0 Å². The molecule has 0 fully saturated rings. The number of thiophene rings is 1. The van der Waals surface area contributed by atoms with Crippen molar-refractivity contribution in [2.24, 2.45) is 0 Å². The van der Waals surface area contributed by atoms with E-state index < -0.39 is 5.97 Å². The molecule has 0 atom stereocenters. The Morgan fingerprint density at radius 3 is 2.93 bits per heavy atom. The summed E-state index contributed by atoms with van der Waals surface area (Å²) in [5, 5.41) is 10.8. The first-order valence-corrected chi connectivity index (χ1v) is 5.30. The highest BCUT2D eigenvalue weighted by Crippen LogP contribution is 2.28. The van der Waals surface area contributed by atoms with Crippen LogP contribution in [-0.2, 0) is 0 Å². The van der Waals surface area contributed by atoms with Crippen LogP contribution in [0.2, 0.25) is 0 Å². The topological polar surface area (TPSA) is 50.2 Å². The molecule has 0 radical (unpaired) electrons. The summed E-state index contributed by atoms with van der Waals surface area (Å²) in [4.78, 5) is 15.4. The van der Waals surface area contributed by atoms with Gasteiger partial charge in [0.2, 0.25) is 0 Å². The van der Waals surface area contributed by atoms with Crippen LogP contribution in [0.1, 0.15) is 15.4 Å². The van der Waals surface area contributed by atoms with Gasteiger partial charge in [-0.3, -0.25) is 4.98 Å². The number of aromatic nitrogens is 1. The summed E-state index contributed by atoms with van der Waals surface area (Å²) in [6.45, 7) is 1.89. The Morgan fingerprint density at radius 2 is 2.27 bits per heavy atom. The normalized spacial score (nSPS) is 10.2. The maximum atomic E-state index is 10.9. The molecule has 0 unspecified atom stereocenters. The zero-order valence-corrected chi connectivity index (χ0v) is 8.91. The highest BCUT2D eigenvalue weighted by atomic mass is 32.1. The second-order valence-corrected chi connectivity index (χ2v) is 4.07. The Hall–Kier alpha value is -1.68. The number of carbonyl (C=O) groups is 1. The minimum Gasteiger partial charge on any atom is -0.477 e. The summed E-state index contributed by atoms with van der Waals surface area (Å²) in [6.07, 6.45) is 1.69. The van der Waals surface area contributed by atoms with Crippen molar-refractivity contribution in [2.75, 3.05) is 0 Å². The number of hydrogen-bond donors (Lipinski definition) is 1. The summed E-state index contributed by atoms with van der Waals surface area (Å²) < 4.78 is 0. The predicted octanol–water partition coefficient (Wildman–Crippen LogP) is 2.82. The van der Waals surface area contributed by atoms with E-state index >= 15 is 0 Å². The molecule has 15 heavy (non-hydrogen) atoms. The minimum atomic E-state index is -0.880. The van der Waals surface area contributed by atoms with E-state index in [2.05, 4.69) is 4.98 Å². The van der Waals surface area contributed by atoms with Crippen LogP contribution in [0, 0.1) is 6.92 Å². The third kappa shape index (κ3) is 1.89. The van der Waals surface area contributed by atoms with Crippen LogP contribution in [0.3, 0.4) is 0 Å². The van der Waals surface area contributed by atoms with Crippen LogP contribution in [0.15, 0.2) is 29.8 Å². The molecule has 0 saturated carbocycles. The third-order valence-electron chi connectivity index (χ3n) is 2.07. The number of aromatic carboxylic acids is 1. The van der Waals surface area contributed by atoms with Crippen LogP contribution in [0.5, 0.6) is 0 Å². The smallest absolute Gasteiger partial charge is 0.346 e. The van der Waals surface area contributed by atoms with Crippen LogP contribution >= 0.6 is 11.3 Å². The molecule has 0 aliphatic heterocycles. The molecule has 2 aromatic rings. The molecule has 0 aliphatic rings. The molecule has 4 heteroatoms. The van der Waals surface area contributed by atoms with Gasteiger partial charge in [-0.25, -0.2) is 4.79 Å². The van der Waals surface area contributed by atoms with Crippen molar-refractivity contribution in [3.63, 3.8) is 0 Å². The largest absolute Gasteiger partial charge is 0.477 e. The van der Waals surface area contributed by atoms with E-state index in [1.54, 1.807) is 11.6 Å². The van der Waals surface area contributed by atoms with Gasteiger partial charge in [0.15, 0.2) is 0 Å². The van der Waals surface area contributed by atoms with Gasteiger partial charge in [0.1, 0.15) is 4.88 Å². The van der Waals surface area contributed by atoms with Gasteiger partial charge in [0.25, 0.3) is 0 Å². The fourth-order valence-corrected chi connectivity index (χ4v) is 2.17. The van der Waals surface area contributed by atoms with Crippen molar-refractivity contribution in [1.29, 1.82) is 0 Å². The summed E-state index contributed by atoms with van der Waals surface area (Å²) >= 11 is 1.24. The molecule has 2 heterocycles. The molecule has 0 amide bonds. The highest BCUT2D eigenvalue weighted by molar-refractivity contribution is 7.12. The van der Waals surface area contributed by atoms with E-state index in [1.165, 1.54) is 11.3 Å². The van der Waals surface area contributed by atoms with Crippen LogP contribution < -0.4 is 0 Å². The Labute approximate surface area is 91.0 Å². The van der Waals surface area contributed by atoms with E-state index in [1.807, 2.05) is 25.1 Å². The van der Waals surface area contributed by atoms with Gasteiger partial charge in [0, 0.05) is 17.5 Å². The van der Waals surface area contributed by atoms with Crippen molar-refractivity contribution >= 4 is 17.3 Å². The number of nitrogens with zero attached hydrogens (tertiary/aromatic N) is 1. The lowest BCUT2D eigenvalue weighted by molar-refractivity contribution is 0.0703. The van der Waals surface area contributed by atoms with Crippen molar-refractivity contribution in [3.8, 4) is 11.1 Å². The van der Waals surface area contributed by atoms with E-state index in [9.17, 15) is 4.79 Å². The van der Waals surface area contributed by atoms with Crippen LogP contribution in [0.4, 0.5) is 0 Å². The molecular weight excluding hydrogens is 210 g/mol. The number of carboxylic acid groups (broad SMARTS) is 1. The zero-order chi connectivity index (χ0) is 10.8. The summed E-state index contributed by atoms with van der Waals surface area (Å²) in [5.74, 6) is -0.880. The van der Waals surface area contributed by atoms with E-state index in [0.29, 0.717) is 4.88 Å². The molecular formula is C11H9NO2S. The maximum Gasteiger partial charge on any atom is 0.346 e. The first-order chi connectivity index (χ1) is 7.18. The number of hydrogen-bond acceptors (Lipinski definition) is 3. The number of carboxylic acids is 1. The first kappa shape index (κ1) is 9.86. The van der Waals surface area contributed by atoms with E-state index in [0.717, 1.165) is 16.8 Å². The standard InChI is InChI=1S/C11H9NO2S/c1-7-6-8(2-4-12-7)9-3-5-15-10(9)11(13)14/h2-6H,1H3,(H,13,14). The molecule has 0 aliphatic carbocycles. The lowest BCUT2D eigenvalue weighted by Crippen LogP contribution is -1.94. The molecule has 76 valence electrons. The van der Waals surface area contributed by atoms with Gasteiger partial charge in [-0.05, 0) is 36.1 Å². The lowest BCUT2D eigenvalue weighted by atomic mass is 10.1. The average Bonchev–Trinajstić information content (AvgIpc) is 2.65. The van der Waals surface area contributed by atoms with Gasteiger partial charge < -0.3 is 5.11 Å². The van der Waals surface area contributed by atoms with Gasteiger partial charge >= 0.3 is 5.97 Å². The summed E-state index contributed by atoms with van der Waals surface area (Å²) in [7, 11) is 0. The second-order valence-electron chi connectivity index (χ2n) is 3.15. The Morgan fingerprint density at radius 1 is 1.47 bits per heavy atom. The third-order valence-corrected chi connectivity index (χ3v) is 2.97. The fourth-order valence-electron chi connectivity index (χ4n) is 1.42. The second kappa shape index (κ2) is 3.82. The van der Waals surface area contributed by atoms with Gasteiger partial charge in [0.05, 0.1) is 0 Å². The first-order valence-electron chi connectivity index (χ1n) is 4.42. The molecule has 0 aromatic carbocycles. The lowest BCUT2D eigenvalue weighted by Gasteiger charge is -2.00. The molecule has 3 nitrogen and oxygen atoms in total. The zero-order valence-electron chi connectivity index (χ0n) is 8.10. The summed E-state index contributed by atoms with van der Waals surface area (Å²) in [6, 6.07) is 5.53. The SMILES string of the molecule is Cc1cc(-c2ccsc2C(=O)O)ccn1. The fraction of sp³-hybridized carbons (Fsp3) is 0.0909. The number of aryl methyl sites for hydroxylation is 1. The quantitative estimate of drug-likeness (QED) is 0.844. The van der Waals surface area contributed by atoms with Gasteiger partial charge in [-0.2, -0.15) is 0 Å². The minimum absolute atomic E-state index is 0.376. The summed E-state index contributed by atoms with van der Waals surface area (Å²) in [5.41, 5.74) is 2.55. The molecule has 1 N–H and O–H groups in total. The molecule has 2 rings (SSSR count). The molecule has 0 saturated heterocycles. The van der Waals surface area contributed by atoms with Crippen LogP contribution in [0.25, 0.3) is 11.1 Å². The Balaban J connectivity index is 2.54. The molecule has 0 spiro atoms. The van der Waals surface area contributed by atoms with Crippen molar-refractivity contribution in [1.82, 2.24) is 4.98 Å². The van der Waals surface area contributed by atoms with Crippen molar-refractivity contribution in [2.45, 2.75) is 6.92 Å².